The van der Waals surface area contributed by atoms with Crippen LogP contribution < -0.4 is 5.32 Å². The molecule has 1 nitrogen and oxygen atoms in total. The molecule has 0 bridgehead atoms. The van der Waals surface area contributed by atoms with Crippen molar-refractivity contribution >= 4 is 22.6 Å². The Balaban J connectivity index is 3.33. The Morgan fingerprint density at radius 1 is 1.25 bits per heavy atom. The van der Waals surface area contributed by atoms with Gasteiger partial charge < -0.3 is 5.32 Å². The van der Waals surface area contributed by atoms with Gasteiger partial charge >= 0.3 is 0 Å². The Morgan fingerprint density at radius 3 is 2.42 bits per heavy atom. The van der Waals surface area contributed by atoms with Crippen LogP contribution in [0.15, 0.2) is 0 Å². The molecule has 74 valence electrons. The van der Waals surface area contributed by atoms with Crippen LogP contribution in [0.25, 0.3) is 0 Å². The molecule has 0 aliphatic heterocycles. The second-order valence-electron chi connectivity index (χ2n) is 3.96. The summed E-state index contributed by atoms with van der Waals surface area (Å²) in [7, 11) is 0. The van der Waals surface area contributed by atoms with Crippen molar-refractivity contribution in [2.24, 2.45) is 0 Å². The summed E-state index contributed by atoms with van der Waals surface area (Å²) in [6.45, 7) is 8.00. The van der Waals surface area contributed by atoms with Crippen molar-refractivity contribution in [2.45, 2.75) is 52.0 Å². The van der Waals surface area contributed by atoms with Crippen molar-refractivity contribution in [1.29, 1.82) is 0 Å². The summed E-state index contributed by atoms with van der Waals surface area (Å²) in [6, 6.07) is 0. The van der Waals surface area contributed by atoms with Crippen LogP contribution in [0.3, 0.4) is 0 Å². The monoisotopic (exact) mass is 283 g/mol. The summed E-state index contributed by atoms with van der Waals surface area (Å²) in [6.07, 6.45) is 5.25. The highest BCUT2D eigenvalue weighted by Crippen LogP contribution is 2.10. The zero-order chi connectivity index (χ0) is 9.45. The van der Waals surface area contributed by atoms with Crippen molar-refractivity contribution in [3.8, 4) is 0 Å². The molecule has 12 heavy (non-hydrogen) atoms. The first kappa shape index (κ1) is 12.7. The summed E-state index contributed by atoms with van der Waals surface area (Å²) in [5.41, 5.74) is 0.342. The molecule has 0 aromatic carbocycles. The van der Waals surface area contributed by atoms with Crippen molar-refractivity contribution in [2.75, 3.05) is 11.0 Å². The predicted octanol–water partition coefficient (Wildman–Crippen LogP) is 3.37. The fraction of sp³-hybridized carbons (Fsp3) is 1.00. The first-order valence-corrected chi connectivity index (χ1v) is 6.46. The number of alkyl halides is 1. The smallest absolute Gasteiger partial charge is 0.0132 e. The maximum Gasteiger partial charge on any atom is 0.0132 e. The van der Waals surface area contributed by atoms with Gasteiger partial charge in [-0.15, -0.1) is 0 Å². The molecule has 0 saturated carbocycles. The van der Waals surface area contributed by atoms with E-state index < -0.39 is 0 Å². The Kier molecular flexibility index (Phi) is 7.54. The molecule has 0 atom stereocenters. The van der Waals surface area contributed by atoms with Crippen molar-refractivity contribution in [3.05, 3.63) is 0 Å². The summed E-state index contributed by atoms with van der Waals surface area (Å²) in [4.78, 5) is 0. The average molecular weight is 283 g/mol. The molecule has 0 aliphatic carbocycles. The summed E-state index contributed by atoms with van der Waals surface area (Å²) < 4.78 is 1.24. The quantitative estimate of drug-likeness (QED) is 0.429. The third-order valence-electron chi connectivity index (χ3n) is 2.10. The van der Waals surface area contributed by atoms with E-state index in [-0.39, 0.29) is 0 Å². The van der Waals surface area contributed by atoms with Gasteiger partial charge in [0.25, 0.3) is 0 Å². The molecular weight excluding hydrogens is 261 g/mol. The first-order chi connectivity index (χ1) is 5.62. The number of halogens is 1. The number of rotatable bonds is 7. The van der Waals surface area contributed by atoms with Gasteiger partial charge in [0.1, 0.15) is 0 Å². The highest BCUT2D eigenvalue weighted by atomic mass is 127. The normalized spacial score (nSPS) is 12.0. The molecule has 0 spiro atoms. The Labute approximate surface area is 90.8 Å². The van der Waals surface area contributed by atoms with Gasteiger partial charge in [-0.3, -0.25) is 0 Å². The lowest BCUT2D eigenvalue weighted by atomic mass is 10.0. The van der Waals surface area contributed by atoms with E-state index in [0.717, 1.165) is 0 Å². The van der Waals surface area contributed by atoms with E-state index >= 15 is 0 Å². The van der Waals surface area contributed by atoms with Gasteiger partial charge in [-0.1, -0.05) is 42.4 Å². The Morgan fingerprint density at radius 2 is 1.92 bits per heavy atom. The molecule has 0 aromatic heterocycles. The SMILES string of the molecule is CCCCCNC(C)(C)CCI. The molecule has 0 amide bonds. The Hall–Kier alpha value is 0.690. The maximum atomic E-state index is 3.59. The van der Waals surface area contributed by atoms with E-state index in [1.807, 2.05) is 0 Å². The molecule has 0 saturated heterocycles. The molecule has 0 heterocycles. The van der Waals surface area contributed by atoms with E-state index in [0.29, 0.717) is 5.54 Å². The molecule has 0 fully saturated rings. The molecule has 0 aliphatic rings. The minimum absolute atomic E-state index is 0.342. The van der Waals surface area contributed by atoms with Crippen molar-refractivity contribution in [1.82, 2.24) is 5.32 Å². The van der Waals surface area contributed by atoms with E-state index in [4.69, 9.17) is 0 Å². The van der Waals surface area contributed by atoms with Crippen LogP contribution in [-0.2, 0) is 0 Å². The molecule has 0 radical (unpaired) electrons. The fourth-order valence-corrected chi connectivity index (χ4v) is 2.47. The third-order valence-corrected chi connectivity index (χ3v) is 2.64. The highest BCUT2D eigenvalue weighted by Gasteiger charge is 2.14. The standard InChI is InChI=1S/C10H22IN/c1-4-5-6-9-12-10(2,3)7-8-11/h12H,4-9H2,1-3H3. The maximum absolute atomic E-state index is 3.59. The third kappa shape index (κ3) is 7.35. The molecule has 0 unspecified atom stereocenters. The van der Waals surface area contributed by atoms with Crippen molar-refractivity contribution < 1.29 is 0 Å². The van der Waals surface area contributed by atoms with Crippen LogP contribution in [0.1, 0.15) is 46.5 Å². The molecule has 2 heteroatoms. The summed E-state index contributed by atoms with van der Waals surface area (Å²) in [5.74, 6) is 0. The molecule has 0 aromatic rings. The second-order valence-corrected chi connectivity index (χ2v) is 5.04. The fourth-order valence-electron chi connectivity index (χ4n) is 1.13. The van der Waals surface area contributed by atoms with Crippen molar-refractivity contribution in [3.63, 3.8) is 0 Å². The lowest BCUT2D eigenvalue weighted by Crippen LogP contribution is -2.40. The van der Waals surface area contributed by atoms with E-state index in [9.17, 15) is 0 Å². The minimum atomic E-state index is 0.342. The average Bonchev–Trinajstić information content (AvgIpc) is 1.98. The topological polar surface area (TPSA) is 12.0 Å². The zero-order valence-electron chi connectivity index (χ0n) is 8.62. The summed E-state index contributed by atoms with van der Waals surface area (Å²) in [5, 5.41) is 3.59. The lowest BCUT2D eigenvalue weighted by molar-refractivity contribution is 0.376. The molecule has 0 rings (SSSR count). The van der Waals surface area contributed by atoms with Gasteiger partial charge in [0.05, 0.1) is 0 Å². The van der Waals surface area contributed by atoms with Gasteiger partial charge in [-0.2, -0.15) is 0 Å². The van der Waals surface area contributed by atoms with Crippen LogP contribution in [0, 0.1) is 0 Å². The molecular formula is C10H22IN. The Bertz CT molecular complexity index is 102. The first-order valence-electron chi connectivity index (χ1n) is 4.93. The van der Waals surface area contributed by atoms with E-state index in [1.54, 1.807) is 0 Å². The zero-order valence-corrected chi connectivity index (χ0v) is 10.8. The van der Waals surface area contributed by atoms with Crippen LogP contribution in [-0.4, -0.2) is 16.5 Å². The van der Waals surface area contributed by atoms with Gasteiger partial charge in [0.15, 0.2) is 0 Å². The minimum Gasteiger partial charge on any atom is -0.312 e. The number of hydrogen-bond donors (Lipinski definition) is 1. The largest absolute Gasteiger partial charge is 0.312 e. The number of nitrogens with one attached hydrogen (secondary N) is 1. The number of unbranched alkanes of at least 4 members (excludes halogenated alkanes) is 2. The second kappa shape index (κ2) is 7.13. The summed E-state index contributed by atoms with van der Waals surface area (Å²) >= 11 is 2.44. The van der Waals surface area contributed by atoms with E-state index in [2.05, 4.69) is 48.7 Å². The van der Waals surface area contributed by atoms with Gasteiger partial charge in [0.2, 0.25) is 0 Å². The van der Waals surface area contributed by atoms with Gasteiger partial charge in [0, 0.05) is 9.97 Å². The molecule has 1 N–H and O–H groups in total. The van der Waals surface area contributed by atoms with Gasteiger partial charge in [-0.25, -0.2) is 0 Å². The lowest BCUT2D eigenvalue weighted by Gasteiger charge is -2.25. The van der Waals surface area contributed by atoms with Crippen LogP contribution in [0.2, 0.25) is 0 Å². The number of hydrogen-bond acceptors (Lipinski definition) is 1. The van der Waals surface area contributed by atoms with Crippen LogP contribution in [0.5, 0.6) is 0 Å². The van der Waals surface area contributed by atoms with Crippen LogP contribution in [0.4, 0.5) is 0 Å². The van der Waals surface area contributed by atoms with Gasteiger partial charge in [-0.05, 0) is 33.2 Å². The highest BCUT2D eigenvalue weighted by molar-refractivity contribution is 14.1. The van der Waals surface area contributed by atoms with E-state index in [1.165, 1.54) is 36.7 Å². The van der Waals surface area contributed by atoms with Crippen LogP contribution >= 0.6 is 22.6 Å². The predicted molar refractivity (Wildman–Crippen MR) is 65.1 cm³/mol.